The Morgan fingerprint density at radius 1 is 1.32 bits per heavy atom. The van der Waals surface area contributed by atoms with E-state index >= 15 is 0 Å². The number of allylic oxidation sites excluding steroid dienone is 1. The first-order valence-electron chi connectivity index (χ1n) is 6.66. The summed E-state index contributed by atoms with van der Waals surface area (Å²) in [5.41, 5.74) is 2.95. The molecule has 1 aromatic carbocycles. The quantitative estimate of drug-likeness (QED) is 0.494. The first-order valence-corrected chi connectivity index (χ1v) is 6.66. The zero-order valence-electron chi connectivity index (χ0n) is 11.0. The molecule has 1 aliphatic heterocycles. The normalized spacial score (nSPS) is 17.7. The van der Waals surface area contributed by atoms with Crippen molar-refractivity contribution in [3.8, 4) is 0 Å². The smallest absolute Gasteiger partial charge is 0.267 e. The Morgan fingerprint density at radius 3 is 2.63 bits per heavy atom. The Bertz CT molecular complexity index is 423. The lowest BCUT2D eigenvalue weighted by Crippen LogP contribution is -2.32. The molecule has 1 fully saturated rings. The fraction of sp³-hybridized carbons (Fsp3) is 0.400. The van der Waals surface area contributed by atoms with Gasteiger partial charge in [-0.25, -0.2) is 5.48 Å². The van der Waals surface area contributed by atoms with Gasteiger partial charge in [-0.05, 0) is 37.4 Å². The molecule has 1 aromatic rings. The number of nitrogens with one attached hydrogen (secondary N) is 1. The Hall–Kier alpha value is -1.65. The zero-order valence-corrected chi connectivity index (χ0v) is 11.0. The average molecular weight is 260 g/mol. The van der Waals surface area contributed by atoms with Crippen LogP contribution in [-0.4, -0.2) is 29.1 Å². The first kappa shape index (κ1) is 13.8. The summed E-state index contributed by atoms with van der Waals surface area (Å²) in [6.45, 7) is 3.09. The average Bonchev–Trinajstić information content (AvgIpc) is 2.47. The maximum atomic E-state index is 10.9. The highest BCUT2D eigenvalue weighted by atomic mass is 16.5. The molecule has 0 atom stereocenters. The van der Waals surface area contributed by atoms with Crippen LogP contribution in [0.2, 0.25) is 0 Å². The number of hydrogen-bond donors (Lipinski definition) is 2. The molecule has 4 nitrogen and oxygen atoms in total. The molecule has 1 amide bonds. The number of hydroxylamine groups is 1. The third-order valence-electron chi connectivity index (χ3n) is 3.51. The molecular formula is C15H20N2O2. The topological polar surface area (TPSA) is 52.6 Å². The fourth-order valence-electron chi connectivity index (χ4n) is 2.41. The van der Waals surface area contributed by atoms with Crippen molar-refractivity contribution in [2.24, 2.45) is 5.92 Å². The molecule has 1 saturated heterocycles. The van der Waals surface area contributed by atoms with Crippen molar-refractivity contribution >= 4 is 5.91 Å². The summed E-state index contributed by atoms with van der Waals surface area (Å²) in [5.74, 6) is -0.0176. The van der Waals surface area contributed by atoms with Gasteiger partial charge in [0.05, 0.1) is 0 Å². The van der Waals surface area contributed by atoms with Crippen molar-refractivity contribution < 1.29 is 10.0 Å². The summed E-state index contributed by atoms with van der Waals surface area (Å²) in [6.07, 6.45) is 5.42. The molecule has 0 bridgehead atoms. The van der Waals surface area contributed by atoms with Gasteiger partial charge in [-0.1, -0.05) is 36.4 Å². The van der Waals surface area contributed by atoms with E-state index in [0.29, 0.717) is 5.92 Å². The lowest BCUT2D eigenvalue weighted by molar-refractivity contribution is -0.124. The number of benzene rings is 1. The van der Waals surface area contributed by atoms with E-state index in [0.717, 1.165) is 32.5 Å². The molecule has 2 rings (SSSR count). The van der Waals surface area contributed by atoms with Gasteiger partial charge >= 0.3 is 0 Å². The molecule has 0 unspecified atom stereocenters. The SMILES string of the molecule is O=C(/C=C/C1CCN(Cc2ccccc2)CC1)NO. The fourth-order valence-corrected chi connectivity index (χ4v) is 2.41. The minimum absolute atomic E-state index is 0.435. The lowest BCUT2D eigenvalue weighted by Gasteiger charge is -2.30. The number of piperidine rings is 1. The van der Waals surface area contributed by atoms with Crippen molar-refractivity contribution in [3.63, 3.8) is 0 Å². The molecule has 0 aliphatic carbocycles. The maximum Gasteiger partial charge on any atom is 0.267 e. The van der Waals surface area contributed by atoms with Crippen LogP contribution in [0.5, 0.6) is 0 Å². The highest BCUT2D eigenvalue weighted by Crippen LogP contribution is 2.19. The van der Waals surface area contributed by atoms with E-state index in [1.165, 1.54) is 11.6 Å². The molecule has 102 valence electrons. The van der Waals surface area contributed by atoms with Gasteiger partial charge in [0.25, 0.3) is 5.91 Å². The number of rotatable bonds is 4. The van der Waals surface area contributed by atoms with Gasteiger partial charge in [-0.2, -0.15) is 0 Å². The molecule has 0 aromatic heterocycles. The van der Waals surface area contributed by atoms with Crippen LogP contribution in [-0.2, 0) is 11.3 Å². The van der Waals surface area contributed by atoms with Gasteiger partial charge in [0.1, 0.15) is 0 Å². The molecule has 4 heteroatoms. The zero-order chi connectivity index (χ0) is 13.5. The molecule has 0 saturated carbocycles. The first-order chi connectivity index (χ1) is 9.28. The van der Waals surface area contributed by atoms with Gasteiger partial charge in [0, 0.05) is 12.6 Å². The minimum Gasteiger partial charge on any atom is -0.299 e. The van der Waals surface area contributed by atoms with E-state index in [1.807, 2.05) is 12.1 Å². The van der Waals surface area contributed by atoms with Crippen LogP contribution < -0.4 is 5.48 Å². The van der Waals surface area contributed by atoms with Crippen molar-refractivity contribution in [2.75, 3.05) is 13.1 Å². The largest absolute Gasteiger partial charge is 0.299 e. The predicted molar refractivity (Wildman–Crippen MR) is 73.5 cm³/mol. The summed E-state index contributed by atoms with van der Waals surface area (Å²) in [7, 11) is 0. The van der Waals surface area contributed by atoms with Crippen molar-refractivity contribution in [1.29, 1.82) is 0 Å². The van der Waals surface area contributed by atoms with E-state index in [9.17, 15) is 4.79 Å². The Labute approximate surface area is 113 Å². The molecule has 0 spiro atoms. The van der Waals surface area contributed by atoms with E-state index in [4.69, 9.17) is 5.21 Å². The van der Waals surface area contributed by atoms with Gasteiger partial charge in [0.2, 0.25) is 0 Å². The lowest BCUT2D eigenvalue weighted by atomic mass is 9.96. The summed E-state index contributed by atoms with van der Waals surface area (Å²) < 4.78 is 0. The van der Waals surface area contributed by atoms with E-state index in [1.54, 1.807) is 5.48 Å². The van der Waals surface area contributed by atoms with Gasteiger partial charge < -0.3 is 0 Å². The second-order valence-corrected chi connectivity index (χ2v) is 4.93. The van der Waals surface area contributed by atoms with Gasteiger partial charge in [-0.3, -0.25) is 14.9 Å². The van der Waals surface area contributed by atoms with Crippen molar-refractivity contribution in [3.05, 3.63) is 48.0 Å². The van der Waals surface area contributed by atoms with Crippen LogP contribution in [0.1, 0.15) is 18.4 Å². The second-order valence-electron chi connectivity index (χ2n) is 4.93. The van der Waals surface area contributed by atoms with E-state index in [2.05, 4.69) is 29.2 Å². The number of carbonyl (C=O) groups is 1. The van der Waals surface area contributed by atoms with Crippen molar-refractivity contribution in [2.45, 2.75) is 19.4 Å². The van der Waals surface area contributed by atoms with Gasteiger partial charge in [0.15, 0.2) is 0 Å². The van der Waals surface area contributed by atoms with Gasteiger partial charge in [-0.15, -0.1) is 0 Å². The van der Waals surface area contributed by atoms with E-state index in [-0.39, 0.29) is 0 Å². The molecular weight excluding hydrogens is 240 g/mol. The van der Waals surface area contributed by atoms with Crippen LogP contribution in [0.15, 0.2) is 42.5 Å². The summed E-state index contributed by atoms with van der Waals surface area (Å²) in [6, 6.07) is 10.5. The van der Waals surface area contributed by atoms with Crippen LogP contribution in [0.4, 0.5) is 0 Å². The number of carbonyl (C=O) groups excluding carboxylic acids is 1. The molecule has 0 radical (unpaired) electrons. The summed E-state index contributed by atoms with van der Waals surface area (Å²) >= 11 is 0. The number of likely N-dealkylation sites (tertiary alicyclic amines) is 1. The van der Waals surface area contributed by atoms with E-state index < -0.39 is 5.91 Å². The van der Waals surface area contributed by atoms with Crippen LogP contribution in [0.3, 0.4) is 0 Å². The number of amides is 1. The Kier molecular flexibility index (Phi) is 5.12. The second kappa shape index (κ2) is 7.07. The minimum atomic E-state index is -0.452. The maximum absolute atomic E-state index is 10.9. The van der Waals surface area contributed by atoms with Crippen LogP contribution >= 0.6 is 0 Å². The molecule has 2 N–H and O–H groups in total. The molecule has 19 heavy (non-hydrogen) atoms. The third-order valence-corrected chi connectivity index (χ3v) is 3.51. The van der Waals surface area contributed by atoms with Crippen LogP contribution in [0.25, 0.3) is 0 Å². The predicted octanol–water partition coefficient (Wildman–Crippen LogP) is 1.96. The number of hydrogen-bond acceptors (Lipinski definition) is 3. The third kappa shape index (κ3) is 4.50. The molecule has 1 aliphatic rings. The number of nitrogens with zero attached hydrogens (tertiary/aromatic N) is 1. The van der Waals surface area contributed by atoms with Crippen LogP contribution in [0, 0.1) is 5.92 Å². The Balaban J connectivity index is 1.76. The Morgan fingerprint density at radius 2 is 2.00 bits per heavy atom. The molecule has 1 heterocycles. The summed E-state index contributed by atoms with van der Waals surface area (Å²) in [4.78, 5) is 13.3. The highest BCUT2D eigenvalue weighted by molar-refractivity contribution is 5.86. The highest BCUT2D eigenvalue weighted by Gasteiger charge is 2.17. The van der Waals surface area contributed by atoms with Crippen molar-refractivity contribution in [1.82, 2.24) is 10.4 Å². The monoisotopic (exact) mass is 260 g/mol. The standard InChI is InChI=1S/C15H20N2O2/c18-15(16-19)7-6-13-8-10-17(11-9-13)12-14-4-2-1-3-5-14/h1-7,13,19H,8-12H2,(H,16,18)/b7-6+. The summed E-state index contributed by atoms with van der Waals surface area (Å²) in [5, 5.41) is 8.41.